The molecule has 2 amide bonds. The average Bonchev–Trinajstić information content (AvgIpc) is 2.32. The molecule has 1 heterocycles. The van der Waals surface area contributed by atoms with Crippen LogP contribution in [0.5, 0.6) is 5.75 Å². The number of nitrogens with zero attached hydrogens (tertiary/aromatic N) is 1. The molecule has 0 fully saturated rings. The number of hydrogen-bond acceptors (Lipinski definition) is 2. The molecule has 0 saturated heterocycles. The molecule has 90 valence electrons. The van der Waals surface area contributed by atoms with Crippen LogP contribution in [0.3, 0.4) is 0 Å². The minimum Gasteiger partial charge on any atom is -0.489 e. The van der Waals surface area contributed by atoms with E-state index in [1.54, 1.807) is 18.0 Å². The van der Waals surface area contributed by atoms with Crippen molar-refractivity contribution in [1.82, 2.24) is 5.32 Å². The molecule has 0 aliphatic carbocycles. The Kier molecular flexibility index (Phi) is 3.04. The second-order valence-electron chi connectivity index (χ2n) is 4.06. The van der Waals surface area contributed by atoms with E-state index in [1.807, 2.05) is 19.1 Å². The summed E-state index contributed by atoms with van der Waals surface area (Å²) in [6.45, 7) is 6.67. The number of carbonyl (C=O) groups excluding carboxylic acids is 1. The third-order valence-corrected chi connectivity index (χ3v) is 2.87. The monoisotopic (exact) mass is 232 g/mol. The number of urea groups is 1. The highest BCUT2D eigenvalue weighted by Gasteiger charge is 2.22. The Balaban J connectivity index is 2.40. The summed E-state index contributed by atoms with van der Waals surface area (Å²) in [6.07, 6.45) is 1.70. The minimum atomic E-state index is -0.0854. The number of benzene rings is 1. The zero-order valence-corrected chi connectivity index (χ0v) is 10.1. The number of hydrogen-bond donors (Lipinski definition) is 1. The molecule has 1 aliphatic rings. The Morgan fingerprint density at radius 3 is 3.06 bits per heavy atom. The maximum atomic E-state index is 11.6. The van der Waals surface area contributed by atoms with Crippen LogP contribution < -0.4 is 15.0 Å². The predicted octanol–water partition coefficient (Wildman–Crippen LogP) is 2.22. The Morgan fingerprint density at radius 2 is 2.35 bits per heavy atom. The highest BCUT2D eigenvalue weighted by atomic mass is 16.5. The topological polar surface area (TPSA) is 41.6 Å². The lowest BCUT2D eigenvalue weighted by Gasteiger charge is -2.28. The van der Waals surface area contributed by atoms with E-state index in [0.717, 1.165) is 22.6 Å². The normalized spacial score (nSPS) is 14.0. The second-order valence-corrected chi connectivity index (χ2v) is 4.06. The van der Waals surface area contributed by atoms with E-state index >= 15 is 0 Å². The van der Waals surface area contributed by atoms with Crippen molar-refractivity contribution in [3.63, 3.8) is 0 Å². The van der Waals surface area contributed by atoms with E-state index in [4.69, 9.17) is 4.74 Å². The van der Waals surface area contributed by atoms with Crippen molar-refractivity contribution in [2.24, 2.45) is 0 Å². The van der Waals surface area contributed by atoms with Gasteiger partial charge in [0.2, 0.25) is 0 Å². The van der Waals surface area contributed by atoms with Gasteiger partial charge < -0.3 is 10.1 Å². The van der Waals surface area contributed by atoms with Crippen LogP contribution in [-0.4, -0.2) is 19.7 Å². The summed E-state index contributed by atoms with van der Waals surface area (Å²) >= 11 is 0. The number of fused-ring (bicyclic) bond motifs is 1. The van der Waals surface area contributed by atoms with E-state index in [2.05, 4.69) is 11.9 Å². The zero-order chi connectivity index (χ0) is 12.4. The minimum absolute atomic E-state index is 0.0854. The number of amides is 2. The summed E-state index contributed by atoms with van der Waals surface area (Å²) in [5, 5.41) is 2.82. The van der Waals surface area contributed by atoms with Crippen molar-refractivity contribution in [2.75, 3.05) is 18.6 Å². The lowest BCUT2D eigenvalue weighted by Crippen LogP contribution is -2.41. The molecule has 4 nitrogen and oxygen atoms in total. The number of rotatable bonds is 3. The first-order valence-corrected chi connectivity index (χ1v) is 5.52. The van der Waals surface area contributed by atoms with Gasteiger partial charge in [-0.1, -0.05) is 12.7 Å². The fourth-order valence-corrected chi connectivity index (χ4v) is 1.93. The van der Waals surface area contributed by atoms with Crippen molar-refractivity contribution in [2.45, 2.75) is 13.5 Å². The maximum Gasteiger partial charge on any atom is 0.321 e. The first-order valence-electron chi connectivity index (χ1n) is 5.52. The van der Waals surface area contributed by atoms with Gasteiger partial charge in [-0.15, -0.1) is 0 Å². The summed E-state index contributed by atoms with van der Waals surface area (Å²) in [6, 6.07) is 3.79. The largest absolute Gasteiger partial charge is 0.489 e. The van der Waals surface area contributed by atoms with E-state index in [-0.39, 0.29) is 6.03 Å². The third kappa shape index (κ3) is 2.11. The first kappa shape index (κ1) is 11.5. The van der Waals surface area contributed by atoms with E-state index in [0.29, 0.717) is 13.2 Å². The Hall–Kier alpha value is -1.97. The van der Waals surface area contributed by atoms with Gasteiger partial charge in [-0.25, -0.2) is 4.79 Å². The molecule has 0 saturated carbocycles. The fourth-order valence-electron chi connectivity index (χ4n) is 1.93. The molecule has 1 N–H and O–H groups in total. The van der Waals surface area contributed by atoms with Crippen LogP contribution in [0.1, 0.15) is 11.1 Å². The molecular formula is C13H16N2O2. The van der Waals surface area contributed by atoms with Gasteiger partial charge in [0, 0.05) is 19.7 Å². The predicted molar refractivity (Wildman–Crippen MR) is 67.5 cm³/mol. The maximum absolute atomic E-state index is 11.6. The number of carbonyl (C=O) groups is 1. The number of aryl methyl sites for hydroxylation is 1. The van der Waals surface area contributed by atoms with Gasteiger partial charge >= 0.3 is 6.03 Å². The summed E-state index contributed by atoms with van der Waals surface area (Å²) in [7, 11) is 1.75. The van der Waals surface area contributed by atoms with Crippen LogP contribution in [0.2, 0.25) is 0 Å². The number of nitrogens with one attached hydrogen (secondary N) is 1. The van der Waals surface area contributed by atoms with Gasteiger partial charge in [0.05, 0.1) is 5.69 Å². The smallest absolute Gasteiger partial charge is 0.321 e. The van der Waals surface area contributed by atoms with E-state index < -0.39 is 0 Å². The quantitative estimate of drug-likeness (QED) is 0.812. The summed E-state index contributed by atoms with van der Waals surface area (Å²) in [5.74, 6) is 0.766. The van der Waals surface area contributed by atoms with Gasteiger partial charge in [-0.05, 0) is 24.1 Å². The highest BCUT2D eigenvalue weighted by Crippen LogP contribution is 2.31. The van der Waals surface area contributed by atoms with Crippen LogP contribution >= 0.6 is 0 Å². The number of anilines is 1. The van der Waals surface area contributed by atoms with Crippen LogP contribution in [0.25, 0.3) is 0 Å². The van der Waals surface area contributed by atoms with Gasteiger partial charge in [0.25, 0.3) is 0 Å². The average molecular weight is 232 g/mol. The highest BCUT2D eigenvalue weighted by molar-refractivity contribution is 5.94. The van der Waals surface area contributed by atoms with Crippen LogP contribution in [0.15, 0.2) is 24.8 Å². The standard InChI is InChI=1S/C13H16N2O2/c1-4-5-17-10-6-9(2)11-8-14-13(16)15(3)12(11)7-10/h4,6-7H,1,5,8H2,2-3H3,(H,14,16). The van der Waals surface area contributed by atoms with Crippen molar-refractivity contribution in [1.29, 1.82) is 0 Å². The van der Waals surface area contributed by atoms with Gasteiger partial charge in [0.1, 0.15) is 12.4 Å². The van der Waals surface area contributed by atoms with Crippen molar-refractivity contribution in [3.05, 3.63) is 35.9 Å². The molecule has 1 aromatic carbocycles. The molecule has 0 spiro atoms. The van der Waals surface area contributed by atoms with Crippen LogP contribution in [0.4, 0.5) is 10.5 Å². The molecule has 0 aromatic heterocycles. The lowest BCUT2D eigenvalue weighted by atomic mass is 10.0. The SMILES string of the molecule is C=CCOc1cc(C)c2c(c1)N(C)C(=O)NC2. The van der Waals surface area contributed by atoms with Crippen LogP contribution in [-0.2, 0) is 6.54 Å². The van der Waals surface area contributed by atoms with Crippen molar-refractivity contribution >= 4 is 11.7 Å². The summed E-state index contributed by atoms with van der Waals surface area (Å²) < 4.78 is 5.51. The van der Waals surface area contributed by atoms with Gasteiger partial charge in [-0.2, -0.15) is 0 Å². The molecule has 4 heteroatoms. The lowest BCUT2D eigenvalue weighted by molar-refractivity contribution is 0.246. The Morgan fingerprint density at radius 1 is 1.59 bits per heavy atom. The molecule has 0 unspecified atom stereocenters. The molecule has 17 heavy (non-hydrogen) atoms. The molecular weight excluding hydrogens is 216 g/mol. The van der Waals surface area contributed by atoms with E-state index in [9.17, 15) is 4.79 Å². The fraction of sp³-hybridized carbons (Fsp3) is 0.308. The third-order valence-electron chi connectivity index (χ3n) is 2.87. The molecule has 0 radical (unpaired) electrons. The summed E-state index contributed by atoms with van der Waals surface area (Å²) in [4.78, 5) is 13.2. The first-order chi connectivity index (χ1) is 8.13. The van der Waals surface area contributed by atoms with Crippen LogP contribution in [0, 0.1) is 6.92 Å². The molecule has 1 aromatic rings. The second kappa shape index (κ2) is 4.49. The molecule has 0 bridgehead atoms. The van der Waals surface area contributed by atoms with Crippen molar-refractivity contribution in [3.8, 4) is 5.75 Å². The molecule has 1 aliphatic heterocycles. The zero-order valence-electron chi connectivity index (χ0n) is 10.1. The molecule has 0 atom stereocenters. The molecule has 2 rings (SSSR count). The Labute approximate surface area is 101 Å². The number of ether oxygens (including phenoxy) is 1. The van der Waals surface area contributed by atoms with E-state index in [1.165, 1.54) is 0 Å². The van der Waals surface area contributed by atoms with Gasteiger partial charge in [-0.3, -0.25) is 4.90 Å². The Bertz CT molecular complexity index is 469. The van der Waals surface area contributed by atoms with Crippen molar-refractivity contribution < 1.29 is 9.53 Å². The summed E-state index contributed by atoms with van der Waals surface area (Å²) in [5.41, 5.74) is 3.17. The van der Waals surface area contributed by atoms with Gasteiger partial charge in [0.15, 0.2) is 0 Å².